The molecule has 116 valence electrons. The largest absolute Gasteiger partial charge is 0.361 e. The van der Waals surface area contributed by atoms with Crippen molar-refractivity contribution in [1.82, 2.24) is 4.98 Å². The van der Waals surface area contributed by atoms with Crippen molar-refractivity contribution in [1.29, 1.82) is 0 Å². The lowest BCUT2D eigenvalue weighted by Crippen LogP contribution is -2.15. The number of benzene rings is 2. The van der Waals surface area contributed by atoms with Crippen LogP contribution in [0.1, 0.15) is 17.3 Å². The van der Waals surface area contributed by atoms with Gasteiger partial charge in [0.2, 0.25) is 5.91 Å². The first-order valence-electron chi connectivity index (χ1n) is 6.98. The summed E-state index contributed by atoms with van der Waals surface area (Å²) in [6.07, 6.45) is 1.80. The summed E-state index contributed by atoms with van der Waals surface area (Å²) in [5, 5.41) is 6.12. The number of aromatic nitrogens is 1. The number of hydrogen-bond acceptors (Lipinski definition) is 2. The molecule has 0 saturated carbocycles. The summed E-state index contributed by atoms with van der Waals surface area (Å²) in [5.41, 5.74) is 1.74. The molecular formula is C17H14FN3O2. The van der Waals surface area contributed by atoms with Crippen LogP contribution < -0.4 is 10.6 Å². The fourth-order valence-electron chi connectivity index (χ4n) is 2.31. The first-order chi connectivity index (χ1) is 11.0. The topological polar surface area (TPSA) is 74.0 Å². The van der Waals surface area contributed by atoms with Crippen LogP contribution in [-0.2, 0) is 4.79 Å². The van der Waals surface area contributed by atoms with Gasteiger partial charge in [0.15, 0.2) is 0 Å². The Morgan fingerprint density at radius 1 is 1.00 bits per heavy atom. The van der Waals surface area contributed by atoms with Crippen molar-refractivity contribution in [2.75, 3.05) is 10.6 Å². The Kier molecular flexibility index (Phi) is 3.80. The molecule has 0 radical (unpaired) electrons. The number of hydrogen-bond donors (Lipinski definition) is 3. The van der Waals surface area contributed by atoms with Crippen LogP contribution in [0.25, 0.3) is 10.9 Å². The molecule has 0 atom stereocenters. The molecule has 2 aromatic carbocycles. The fourth-order valence-corrected chi connectivity index (χ4v) is 2.31. The lowest BCUT2D eigenvalue weighted by Gasteiger charge is -2.09. The molecule has 0 saturated heterocycles. The molecule has 0 spiro atoms. The third-order valence-electron chi connectivity index (χ3n) is 3.34. The average Bonchev–Trinajstić information content (AvgIpc) is 2.96. The Balaban J connectivity index is 1.85. The Bertz CT molecular complexity index is 902. The van der Waals surface area contributed by atoms with Crippen LogP contribution in [0.3, 0.4) is 0 Å². The van der Waals surface area contributed by atoms with Crippen LogP contribution >= 0.6 is 0 Å². The highest BCUT2D eigenvalue weighted by Gasteiger charge is 2.13. The highest BCUT2D eigenvalue weighted by Crippen LogP contribution is 2.20. The maximum absolute atomic E-state index is 13.9. The second-order valence-electron chi connectivity index (χ2n) is 5.11. The Hall–Kier alpha value is -3.15. The van der Waals surface area contributed by atoms with Gasteiger partial charge >= 0.3 is 0 Å². The van der Waals surface area contributed by atoms with Gasteiger partial charge in [-0.1, -0.05) is 0 Å². The number of anilines is 2. The molecule has 3 aromatic rings. The molecule has 23 heavy (non-hydrogen) atoms. The fraction of sp³-hybridized carbons (Fsp3) is 0.0588. The zero-order valence-electron chi connectivity index (χ0n) is 12.3. The predicted octanol–water partition coefficient (Wildman–Crippen LogP) is 3.52. The summed E-state index contributed by atoms with van der Waals surface area (Å²) in [6.45, 7) is 1.34. The number of aromatic amines is 1. The van der Waals surface area contributed by atoms with Gasteiger partial charge in [0.05, 0.1) is 5.56 Å². The van der Waals surface area contributed by atoms with Crippen LogP contribution in [-0.4, -0.2) is 16.8 Å². The summed E-state index contributed by atoms with van der Waals surface area (Å²) in [5.74, 6) is -1.52. The molecule has 1 aromatic heterocycles. The van der Waals surface area contributed by atoms with E-state index in [1.807, 2.05) is 12.1 Å². The van der Waals surface area contributed by atoms with E-state index in [2.05, 4.69) is 15.6 Å². The van der Waals surface area contributed by atoms with E-state index >= 15 is 0 Å². The number of halogens is 1. The first kappa shape index (κ1) is 14.8. The maximum Gasteiger partial charge on any atom is 0.258 e. The van der Waals surface area contributed by atoms with Crippen molar-refractivity contribution in [2.24, 2.45) is 0 Å². The molecule has 0 fully saturated rings. The van der Waals surface area contributed by atoms with Gasteiger partial charge in [-0.2, -0.15) is 0 Å². The summed E-state index contributed by atoms with van der Waals surface area (Å²) >= 11 is 0. The van der Waals surface area contributed by atoms with E-state index in [1.165, 1.54) is 19.1 Å². The van der Waals surface area contributed by atoms with E-state index in [1.54, 1.807) is 18.3 Å². The lowest BCUT2D eigenvalue weighted by atomic mass is 10.1. The number of fused-ring (bicyclic) bond motifs is 1. The smallest absolute Gasteiger partial charge is 0.258 e. The number of rotatable bonds is 3. The standard InChI is InChI=1S/C17H14FN3O2/c1-10(22)20-13-2-4-15(18)14(9-13)17(23)21-12-3-5-16-11(8-12)6-7-19-16/h2-9,19H,1H3,(H,20,22)(H,21,23). The first-order valence-corrected chi connectivity index (χ1v) is 6.98. The minimum absolute atomic E-state index is 0.134. The van der Waals surface area contributed by atoms with Gasteiger partial charge < -0.3 is 15.6 Å². The van der Waals surface area contributed by atoms with Crippen LogP contribution in [0, 0.1) is 5.82 Å². The minimum Gasteiger partial charge on any atom is -0.361 e. The molecule has 0 bridgehead atoms. The zero-order valence-corrected chi connectivity index (χ0v) is 12.3. The van der Waals surface area contributed by atoms with Gasteiger partial charge in [-0.25, -0.2) is 4.39 Å². The third kappa shape index (κ3) is 3.21. The summed E-state index contributed by atoms with van der Waals surface area (Å²) in [7, 11) is 0. The summed E-state index contributed by atoms with van der Waals surface area (Å²) in [4.78, 5) is 26.4. The average molecular weight is 311 g/mol. The second kappa shape index (κ2) is 5.92. The minimum atomic E-state index is -0.653. The number of carbonyl (C=O) groups excluding carboxylic acids is 2. The Morgan fingerprint density at radius 2 is 1.74 bits per heavy atom. The van der Waals surface area contributed by atoms with Crippen molar-refractivity contribution in [2.45, 2.75) is 6.92 Å². The van der Waals surface area contributed by atoms with Crippen LogP contribution in [0.2, 0.25) is 0 Å². The van der Waals surface area contributed by atoms with Crippen LogP contribution in [0.5, 0.6) is 0 Å². The van der Waals surface area contributed by atoms with Crippen molar-refractivity contribution in [3.8, 4) is 0 Å². The Morgan fingerprint density at radius 3 is 2.52 bits per heavy atom. The second-order valence-corrected chi connectivity index (χ2v) is 5.11. The van der Waals surface area contributed by atoms with Crippen LogP contribution in [0.4, 0.5) is 15.8 Å². The van der Waals surface area contributed by atoms with Gasteiger partial charge in [0.25, 0.3) is 5.91 Å². The van der Waals surface area contributed by atoms with E-state index in [4.69, 9.17) is 0 Å². The van der Waals surface area contributed by atoms with E-state index in [0.717, 1.165) is 17.0 Å². The number of amides is 2. The monoisotopic (exact) mass is 311 g/mol. The van der Waals surface area contributed by atoms with E-state index in [9.17, 15) is 14.0 Å². The van der Waals surface area contributed by atoms with E-state index < -0.39 is 11.7 Å². The normalized spacial score (nSPS) is 10.5. The van der Waals surface area contributed by atoms with Gasteiger partial charge in [-0.15, -0.1) is 0 Å². The van der Waals surface area contributed by atoms with Gasteiger partial charge in [-0.3, -0.25) is 9.59 Å². The van der Waals surface area contributed by atoms with Crippen molar-refractivity contribution in [3.05, 3.63) is 60.0 Å². The molecule has 0 aliphatic heterocycles. The predicted molar refractivity (Wildman–Crippen MR) is 87.0 cm³/mol. The molecular weight excluding hydrogens is 297 g/mol. The molecule has 2 amide bonds. The van der Waals surface area contributed by atoms with Crippen molar-refractivity contribution >= 4 is 34.1 Å². The molecule has 3 N–H and O–H groups in total. The lowest BCUT2D eigenvalue weighted by molar-refractivity contribution is -0.114. The third-order valence-corrected chi connectivity index (χ3v) is 3.34. The van der Waals surface area contributed by atoms with Gasteiger partial charge in [-0.05, 0) is 42.5 Å². The van der Waals surface area contributed by atoms with Crippen molar-refractivity contribution < 1.29 is 14.0 Å². The number of H-pyrrole nitrogens is 1. The molecule has 0 aliphatic carbocycles. The number of nitrogens with one attached hydrogen (secondary N) is 3. The molecule has 5 nitrogen and oxygen atoms in total. The molecule has 0 aliphatic rings. The zero-order chi connectivity index (χ0) is 16.4. The summed E-state index contributed by atoms with van der Waals surface area (Å²) < 4.78 is 13.9. The molecule has 3 rings (SSSR count). The van der Waals surface area contributed by atoms with Gasteiger partial charge in [0, 0.05) is 35.4 Å². The SMILES string of the molecule is CC(=O)Nc1ccc(F)c(C(=O)Nc2ccc3[nH]ccc3c2)c1. The van der Waals surface area contributed by atoms with E-state index in [0.29, 0.717) is 11.4 Å². The maximum atomic E-state index is 13.9. The number of carbonyl (C=O) groups is 2. The molecule has 1 heterocycles. The van der Waals surface area contributed by atoms with Gasteiger partial charge in [0.1, 0.15) is 5.82 Å². The Labute approximate surface area is 131 Å². The highest BCUT2D eigenvalue weighted by atomic mass is 19.1. The molecule has 0 unspecified atom stereocenters. The summed E-state index contributed by atoms with van der Waals surface area (Å²) in [6, 6.07) is 11.1. The highest BCUT2D eigenvalue weighted by molar-refractivity contribution is 6.06. The van der Waals surface area contributed by atoms with Crippen LogP contribution in [0.15, 0.2) is 48.7 Å². The van der Waals surface area contributed by atoms with E-state index in [-0.39, 0.29) is 11.5 Å². The molecule has 6 heteroatoms. The van der Waals surface area contributed by atoms with Crippen molar-refractivity contribution in [3.63, 3.8) is 0 Å². The quantitative estimate of drug-likeness (QED) is 0.692.